The number of rotatable bonds is 6. The average Bonchev–Trinajstić information content (AvgIpc) is 3.57. The predicted molar refractivity (Wildman–Crippen MR) is 144 cm³/mol. The van der Waals surface area contributed by atoms with Crippen LogP contribution in [-0.4, -0.2) is 54.6 Å². The van der Waals surface area contributed by atoms with Crippen molar-refractivity contribution in [3.63, 3.8) is 0 Å². The lowest BCUT2D eigenvalue weighted by Crippen LogP contribution is -2.30. The zero-order valence-corrected chi connectivity index (χ0v) is 21.9. The molecule has 1 unspecified atom stereocenters. The zero-order valence-electron chi connectivity index (χ0n) is 21.1. The fourth-order valence-corrected chi connectivity index (χ4v) is 5.03. The van der Waals surface area contributed by atoms with Crippen LogP contribution in [0.25, 0.3) is 10.8 Å². The highest BCUT2D eigenvalue weighted by Crippen LogP contribution is 2.45. The van der Waals surface area contributed by atoms with Crippen molar-refractivity contribution < 1.29 is 19.3 Å². The lowest BCUT2D eigenvalue weighted by Gasteiger charge is -2.16. The maximum Gasteiger partial charge on any atom is 0.279 e. The third-order valence-electron chi connectivity index (χ3n) is 6.53. The molecule has 2 aromatic carbocycles. The number of carbonyl (C=O) groups excluding carboxylic acids is 3. The van der Waals surface area contributed by atoms with Crippen LogP contribution in [-0.2, 0) is 18.9 Å². The van der Waals surface area contributed by atoms with Gasteiger partial charge in [-0.05, 0) is 17.0 Å². The number of non-ortho nitro benzene ring substituents is 1. The van der Waals surface area contributed by atoms with E-state index in [9.17, 15) is 24.5 Å². The summed E-state index contributed by atoms with van der Waals surface area (Å²) in [5.74, 6) is -0.814. The SMILES string of the molecule is CC(=O)Nc1cc(C(=O)Nc2cc(C(=O)N3CC(CCl)c4c3cc([N+](=O)[O-])c3ccccc43)nn2C)nn1C. The summed E-state index contributed by atoms with van der Waals surface area (Å²) in [6.45, 7) is 1.57. The molecule has 4 aromatic rings. The number of nitrogens with zero attached hydrogens (tertiary/aromatic N) is 6. The molecule has 39 heavy (non-hydrogen) atoms. The first-order valence-electron chi connectivity index (χ1n) is 11.8. The summed E-state index contributed by atoms with van der Waals surface area (Å²) in [6, 6.07) is 11.2. The van der Waals surface area contributed by atoms with Crippen LogP contribution in [0.1, 0.15) is 39.4 Å². The molecule has 0 saturated carbocycles. The summed E-state index contributed by atoms with van der Waals surface area (Å²) in [7, 11) is 3.14. The van der Waals surface area contributed by atoms with Crippen molar-refractivity contribution in [3.05, 3.63) is 69.5 Å². The van der Waals surface area contributed by atoms with Gasteiger partial charge in [-0.2, -0.15) is 10.2 Å². The van der Waals surface area contributed by atoms with Gasteiger partial charge in [0.1, 0.15) is 11.6 Å². The van der Waals surface area contributed by atoms with Crippen LogP contribution in [0.2, 0.25) is 0 Å². The molecule has 0 bridgehead atoms. The van der Waals surface area contributed by atoms with Crippen molar-refractivity contribution in [1.82, 2.24) is 19.6 Å². The minimum atomic E-state index is -0.569. The number of aryl methyl sites for hydroxylation is 2. The lowest BCUT2D eigenvalue weighted by atomic mass is 9.95. The highest BCUT2D eigenvalue weighted by molar-refractivity contribution is 6.19. The van der Waals surface area contributed by atoms with E-state index in [4.69, 9.17) is 11.6 Å². The summed E-state index contributed by atoms with van der Waals surface area (Å²) in [5.41, 5.74) is 1.15. The van der Waals surface area contributed by atoms with E-state index in [0.29, 0.717) is 22.3 Å². The largest absolute Gasteiger partial charge is 0.311 e. The lowest BCUT2D eigenvalue weighted by molar-refractivity contribution is -0.383. The number of fused-ring (bicyclic) bond motifs is 3. The molecule has 3 heterocycles. The summed E-state index contributed by atoms with van der Waals surface area (Å²) >= 11 is 6.27. The smallest absolute Gasteiger partial charge is 0.279 e. The van der Waals surface area contributed by atoms with Gasteiger partial charge in [0.05, 0.1) is 16.0 Å². The monoisotopic (exact) mass is 550 g/mol. The number of hydrogen-bond acceptors (Lipinski definition) is 7. The van der Waals surface area contributed by atoms with Gasteiger partial charge in [0.2, 0.25) is 5.91 Å². The van der Waals surface area contributed by atoms with Crippen molar-refractivity contribution in [3.8, 4) is 0 Å². The van der Waals surface area contributed by atoms with Crippen molar-refractivity contribution in [2.75, 3.05) is 28.0 Å². The Balaban J connectivity index is 1.46. The Kier molecular flexibility index (Phi) is 6.52. The number of hydrogen-bond donors (Lipinski definition) is 2. The number of benzene rings is 2. The highest BCUT2D eigenvalue weighted by atomic mass is 35.5. The number of alkyl halides is 1. The second-order valence-electron chi connectivity index (χ2n) is 9.11. The summed E-state index contributed by atoms with van der Waals surface area (Å²) in [5, 5.41) is 26.6. The van der Waals surface area contributed by atoms with Gasteiger partial charge in [-0.25, -0.2) is 0 Å². The molecular formula is C25H23ClN8O5. The van der Waals surface area contributed by atoms with Crippen LogP contribution in [0.4, 0.5) is 23.0 Å². The summed E-state index contributed by atoms with van der Waals surface area (Å²) in [4.78, 5) is 50.6. The van der Waals surface area contributed by atoms with Crippen LogP contribution < -0.4 is 15.5 Å². The maximum atomic E-state index is 13.6. The van der Waals surface area contributed by atoms with Gasteiger partial charge in [-0.1, -0.05) is 18.2 Å². The Hall–Kier alpha value is -4.78. The number of amides is 3. The summed E-state index contributed by atoms with van der Waals surface area (Å²) < 4.78 is 2.69. The number of nitro groups is 1. The molecule has 3 amide bonds. The molecule has 0 spiro atoms. The number of nitro benzene ring substituents is 1. The van der Waals surface area contributed by atoms with Gasteiger partial charge >= 0.3 is 0 Å². The first kappa shape index (κ1) is 25.9. The van der Waals surface area contributed by atoms with E-state index in [2.05, 4.69) is 20.8 Å². The van der Waals surface area contributed by atoms with E-state index in [1.54, 1.807) is 38.4 Å². The van der Waals surface area contributed by atoms with Crippen molar-refractivity contribution in [1.29, 1.82) is 0 Å². The molecule has 1 aliphatic rings. The van der Waals surface area contributed by atoms with Crippen LogP contribution in [0, 0.1) is 10.1 Å². The number of nitrogens with one attached hydrogen (secondary N) is 2. The quantitative estimate of drug-likeness (QED) is 0.211. The van der Waals surface area contributed by atoms with Crippen LogP contribution in [0.3, 0.4) is 0 Å². The van der Waals surface area contributed by atoms with E-state index in [1.165, 1.54) is 39.4 Å². The number of aromatic nitrogens is 4. The molecule has 0 saturated heterocycles. The van der Waals surface area contributed by atoms with Crippen molar-refractivity contribution in [2.24, 2.45) is 14.1 Å². The molecular weight excluding hydrogens is 528 g/mol. The van der Waals surface area contributed by atoms with Crippen molar-refractivity contribution >= 4 is 63.1 Å². The molecule has 1 atom stereocenters. The Morgan fingerprint density at radius 3 is 2.28 bits per heavy atom. The predicted octanol–water partition coefficient (Wildman–Crippen LogP) is 3.41. The molecule has 0 radical (unpaired) electrons. The van der Waals surface area contributed by atoms with E-state index in [0.717, 1.165) is 5.56 Å². The number of anilines is 3. The minimum absolute atomic E-state index is 0.0322. The second-order valence-corrected chi connectivity index (χ2v) is 9.42. The van der Waals surface area contributed by atoms with E-state index in [1.807, 2.05) is 0 Å². The Labute approximate surface area is 226 Å². The first-order valence-corrected chi connectivity index (χ1v) is 12.4. The molecule has 0 fully saturated rings. The maximum absolute atomic E-state index is 13.6. The van der Waals surface area contributed by atoms with Gasteiger partial charge in [-0.15, -0.1) is 11.6 Å². The fraction of sp³-hybridized carbons (Fsp3) is 0.240. The third-order valence-corrected chi connectivity index (χ3v) is 6.90. The van der Waals surface area contributed by atoms with Gasteiger partial charge in [0.25, 0.3) is 17.5 Å². The molecule has 13 nitrogen and oxygen atoms in total. The molecule has 14 heteroatoms. The topological polar surface area (TPSA) is 157 Å². The molecule has 1 aliphatic heterocycles. The minimum Gasteiger partial charge on any atom is -0.311 e. The summed E-state index contributed by atoms with van der Waals surface area (Å²) in [6.07, 6.45) is 0. The first-order chi connectivity index (χ1) is 18.6. The second kappa shape index (κ2) is 9.83. The fourth-order valence-electron chi connectivity index (χ4n) is 4.78. The van der Waals surface area contributed by atoms with Crippen molar-refractivity contribution in [2.45, 2.75) is 12.8 Å². The Morgan fingerprint density at radius 1 is 1.03 bits per heavy atom. The zero-order chi connectivity index (χ0) is 28.0. The van der Waals surface area contributed by atoms with Crippen LogP contribution in [0.5, 0.6) is 0 Å². The highest BCUT2D eigenvalue weighted by Gasteiger charge is 2.37. The third kappa shape index (κ3) is 4.56. The van der Waals surface area contributed by atoms with Gasteiger partial charge < -0.3 is 15.5 Å². The van der Waals surface area contributed by atoms with Gasteiger partial charge in [0, 0.05) is 57.6 Å². The van der Waals surface area contributed by atoms with Gasteiger partial charge in [0.15, 0.2) is 11.4 Å². The number of carbonyl (C=O) groups is 3. The molecule has 200 valence electrons. The standard InChI is InChI=1S/C25H23ClN8O5/c1-13(35)27-21-8-17(29-31(21)2)24(36)28-22-9-18(30-32(22)3)25(37)33-12-14(11-26)23-16-7-5-4-6-15(16)19(34(38)39)10-20(23)33/h4-10,14H,11-12H2,1-3H3,(H,27,35)(H,28,36). The average molecular weight is 551 g/mol. The van der Waals surface area contributed by atoms with E-state index >= 15 is 0 Å². The normalized spacial score (nSPS) is 14.4. The molecule has 5 rings (SSSR count). The Bertz CT molecular complexity index is 1680. The molecule has 0 aliphatic carbocycles. The van der Waals surface area contributed by atoms with Crippen LogP contribution in [0.15, 0.2) is 42.5 Å². The van der Waals surface area contributed by atoms with E-state index in [-0.39, 0.29) is 47.1 Å². The van der Waals surface area contributed by atoms with E-state index < -0.39 is 16.7 Å². The Morgan fingerprint density at radius 2 is 1.64 bits per heavy atom. The number of halogens is 1. The molecule has 2 aromatic heterocycles. The van der Waals surface area contributed by atoms with Gasteiger partial charge in [-0.3, -0.25) is 33.9 Å². The van der Waals surface area contributed by atoms with Crippen LogP contribution >= 0.6 is 11.6 Å². The molecule has 2 N–H and O–H groups in total.